The van der Waals surface area contributed by atoms with E-state index in [1.807, 2.05) is 0 Å². The largest absolute Gasteiger partial charge is 0.389 e. The Balaban J connectivity index is 2.59. The maximum absolute atomic E-state index is 11.3. The van der Waals surface area contributed by atoms with Crippen molar-refractivity contribution in [1.29, 1.82) is 0 Å². The monoisotopic (exact) mass is 190 g/mol. The molecule has 0 aromatic heterocycles. The zero-order valence-corrected chi connectivity index (χ0v) is 7.15. The number of esters is 2. The summed E-state index contributed by atoms with van der Waals surface area (Å²) in [5, 5.41) is 0. The molecular formula is C10H6O4. The fraction of sp³-hybridized carbons (Fsp3) is 0. The highest BCUT2D eigenvalue weighted by Crippen LogP contribution is 2.18. The molecule has 4 nitrogen and oxygen atoms in total. The molecule has 1 aliphatic heterocycles. The van der Waals surface area contributed by atoms with Crippen LogP contribution in [0.5, 0.6) is 0 Å². The maximum Gasteiger partial charge on any atom is 0.346 e. The molecule has 0 radical (unpaired) electrons. The average Bonchev–Trinajstić information content (AvgIpc) is 2.26. The van der Waals surface area contributed by atoms with Gasteiger partial charge in [-0.3, -0.25) is 0 Å². The van der Waals surface area contributed by atoms with Crippen LogP contribution in [0.1, 0.15) is 20.7 Å². The van der Waals surface area contributed by atoms with Crippen LogP contribution < -0.4 is 0 Å². The van der Waals surface area contributed by atoms with Crippen LogP contribution in [0.15, 0.2) is 36.8 Å². The molecule has 4 heteroatoms. The topological polar surface area (TPSA) is 52.6 Å². The van der Waals surface area contributed by atoms with Crippen molar-refractivity contribution < 1.29 is 19.1 Å². The van der Waals surface area contributed by atoms with Gasteiger partial charge in [0.05, 0.1) is 11.1 Å². The molecule has 14 heavy (non-hydrogen) atoms. The van der Waals surface area contributed by atoms with Crippen molar-refractivity contribution in [3.05, 3.63) is 47.9 Å². The molecule has 0 saturated heterocycles. The van der Waals surface area contributed by atoms with Crippen LogP contribution >= 0.6 is 0 Å². The average molecular weight is 190 g/mol. The van der Waals surface area contributed by atoms with E-state index in [1.165, 1.54) is 12.1 Å². The fourth-order valence-corrected chi connectivity index (χ4v) is 1.18. The molecule has 0 amide bonds. The maximum atomic E-state index is 11.3. The van der Waals surface area contributed by atoms with E-state index in [0.29, 0.717) is 0 Å². The van der Waals surface area contributed by atoms with Crippen LogP contribution in [0.4, 0.5) is 0 Å². The molecule has 0 fully saturated rings. The minimum Gasteiger partial charge on any atom is -0.389 e. The number of benzene rings is 1. The molecule has 0 spiro atoms. The second-order valence-electron chi connectivity index (χ2n) is 2.70. The lowest BCUT2D eigenvalue weighted by Gasteiger charge is -1.99. The normalized spacial score (nSPS) is 15.3. The summed E-state index contributed by atoms with van der Waals surface area (Å²) < 4.78 is 9.26. The minimum absolute atomic E-state index is 0.191. The predicted octanol–water partition coefficient (Wildman–Crippen LogP) is 1.49. The smallest absolute Gasteiger partial charge is 0.346 e. The number of cyclic esters (lactones) is 2. The molecule has 1 aliphatic rings. The van der Waals surface area contributed by atoms with Crippen LogP contribution in [-0.2, 0) is 9.47 Å². The van der Waals surface area contributed by atoms with E-state index in [2.05, 4.69) is 16.1 Å². The van der Waals surface area contributed by atoms with Crippen LogP contribution in [0.2, 0.25) is 0 Å². The van der Waals surface area contributed by atoms with Gasteiger partial charge in [-0.15, -0.1) is 0 Å². The van der Waals surface area contributed by atoms with Gasteiger partial charge in [0.2, 0.25) is 0 Å². The summed E-state index contributed by atoms with van der Waals surface area (Å²) in [5.41, 5.74) is 0.382. The van der Waals surface area contributed by atoms with Gasteiger partial charge in [0.15, 0.2) is 0 Å². The van der Waals surface area contributed by atoms with Gasteiger partial charge in [-0.2, -0.15) is 0 Å². The highest BCUT2D eigenvalue weighted by atomic mass is 16.7. The Kier molecular flexibility index (Phi) is 1.81. The fourth-order valence-electron chi connectivity index (χ4n) is 1.18. The third-order valence-electron chi connectivity index (χ3n) is 1.78. The molecule has 70 valence electrons. The molecule has 1 aromatic rings. The zero-order valence-electron chi connectivity index (χ0n) is 7.15. The van der Waals surface area contributed by atoms with Gasteiger partial charge in [0.25, 0.3) is 5.95 Å². The molecule has 0 unspecified atom stereocenters. The molecule has 0 bridgehead atoms. The van der Waals surface area contributed by atoms with E-state index < -0.39 is 11.9 Å². The van der Waals surface area contributed by atoms with Gasteiger partial charge >= 0.3 is 11.9 Å². The van der Waals surface area contributed by atoms with Crippen molar-refractivity contribution in [3.63, 3.8) is 0 Å². The molecule has 0 atom stereocenters. The minimum atomic E-state index is -0.628. The van der Waals surface area contributed by atoms with Gasteiger partial charge in [-0.1, -0.05) is 12.1 Å². The number of fused-ring (bicyclic) bond motifs is 1. The third kappa shape index (κ3) is 1.26. The van der Waals surface area contributed by atoms with Crippen molar-refractivity contribution in [2.45, 2.75) is 0 Å². The Morgan fingerprint density at radius 1 is 0.929 bits per heavy atom. The Morgan fingerprint density at radius 2 is 1.36 bits per heavy atom. The molecule has 1 aromatic carbocycles. The van der Waals surface area contributed by atoms with Gasteiger partial charge < -0.3 is 9.47 Å². The van der Waals surface area contributed by atoms with E-state index >= 15 is 0 Å². The molecular weight excluding hydrogens is 184 g/mol. The second kappa shape index (κ2) is 2.99. The van der Waals surface area contributed by atoms with Crippen molar-refractivity contribution in [1.82, 2.24) is 0 Å². The van der Waals surface area contributed by atoms with Crippen molar-refractivity contribution >= 4 is 11.9 Å². The quantitative estimate of drug-likeness (QED) is 0.581. The van der Waals surface area contributed by atoms with Crippen LogP contribution in [0.3, 0.4) is 0 Å². The van der Waals surface area contributed by atoms with E-state index in [-0.39, 0.29) is 17.1 Å². The summed E-state index contributed by atoms with van der Waals surface area (Å²) in [6.07, 6.45) is 0. The molecule has 1 heterocycles. The number of hydrogen-bond donors (Lipinski definition) is 0. The SMILES string of the molecule is C=C1OC(=O)c2ccccc2C(=O)O1. The van der Waals surface area contributed by atoms with Crippen molar-refractivity contribution in [2.24, 2.45) is 0 Å². The van der Waals surface area contributed by atoms with E-state index in [1.54, 1.807) is 12.1 Å². The first-order valence-corrected chi connectivity index (χ1v) is 3.91. The second-order valence-corrected chi connectivity index (χ2v) is 2.70. The van der Waals surface area contributed by atoms with Gasteiger partial charge in [0, 0.05) is 0 Å². The first-order valence-electron chi connectivity index (χ1n) is 3.91. The number of carbonyl (C=O) groups excluding carboxylic acids is 2. The van der Waals surface area contributed by atoms with Crippen LogP contribution in [-0.4, -0.2) is 11.9 Å². The Hall–Kier alpha value is -2.10. The van der Waals surface area contributed by atoms with E-state index in [4.69, 9.17) is 0 Å². The van der Waals surface area contributed by atoms with Crippen molar-refractivity contribution in [2.75, 3.05) is 0 Å². The Labute approximate surface area is 79.7 Å². The van der Waals surface area contributed by atoms with Crippen molar-refractivity contribution in [3.8, 4) is 0 Å². The number of carbonyl (C=O) groups is 2. The standard InChI is InChI=1S/C10H6O4/c1-6-13-9(11)7-4-2-3-5-8(7)10(12)14-6/h2-5H,1H2. The molecule has 0 saturated carbocycles. The summed E-state index contributed by atoms with van der Waals surface area (Å²) in [4.78, 5) is 22.7. The van der Waals surface area contributed by atoms with Gasteiger partial charge in [-0.05, 0) is 18.7 Å². The first-order chi connectivity index (χ1) is 6.68. The summed E-state index contributed by atoms with van der Waals surface area (Å²) in [6.45, 7) is 3.27. The van der Waals surface area contributed by atoms with Crippen LogP contribution in [0.25, 0.3) is 0 Å². The zero-order chi connectivity index (χ0) is 10.1. The van der Waals surface area contributed by atoms with Crippen LogP contribution in [0, 0.1) is 0 Å². The lowest BCUT2D eigenvalue weighted by Crippen LogP contribution is -2.04. The number of rotatable bonds is 0. The van der Waals surface area contributed by atoms with E-state index in [9.17, 15) is 9.59 Å². The Bertz CT molecular complexity index is 395. The third-order valence-corrected chi connectivity index (χ3v) is 1.78. The Morgan fingerprint density at radius 3 is 1.79 bits per heavy atom. The lowest BCUT2D eigenvalue weighted by molar-refractivity contribution is 0.0284. The molecule has 0 aliphatic carbocycles. The summed E-state index contributed by atoms with van der Waals surface area (Å²) in [7, 11) is 0. The highest BCUT2D eigenvalue weighted by molar-refractivity contribution is 6.04. The summed E-state index contributed by atoms with van der Waals surface area (Å²) in [6, 6.07) is 6.28. The first kappa shape index (κ1) is 8.50. The van der Waals surface area contributed by atoms with E-state index in [0.717, 1.165) is 0 Å². The van der Waals surface area contributed by atoms with Gasteiger partial charge in [0.1, 0.15) is 0 Å². The summed E-state index contributed by atoms with van der Waals surface area (Å²) >= 11 is 0. The highest BCUT2D eigenvalue weighted by Gasteiger charge is 2.25. The molecule has 0 N–H and O–H groups in total. The molecule has 2 rings (SSSR count). The predicted molar refractivity (Wildman–Crippen MR) is 46.4 cm³/mol. The lowest BCUT2D eigenvalue weighted by atomic mass is 10.1. The van der Waals surface area contributed by atoms with Gasteiger partial charge in [-0.25, -0.2) is 9.59 Å². The number of ether oxygens (including phenoxy) is 2. The summed E-state index contributed by atoms with van der Waals surface area (Å²) in [5.74, 6) is -1.55. The number of hydrogen-bond acceptors (Lipinski definition) is 4.